The molecular weight excluding hydrogens is 352 g/mol. The van der Waals surface area contributed by atoms with Gasteiger partial charge in [-0.05, 0) is 26.0 Å². The average Bonchev–Trinajstić information content (AvgIpc) is 3.00. The number of nitrogens with one attached hydrogen (secondary N) is 1. The maximum Gasteiger partial charge on any atom is 0.414 e. The highest BCUT2D eigenvalue weighted by atomic mass is 16.6. The average molecular weight is 376 g/mol. The number of nitrogens with zero attached hydrogens (tertiary/aromatic N) is 3. The molecule has 0 aromatic heterocycles. The summed E-state index contributed by atoms with van der Waals surface area (Å²) in [6.07, 6.45) is -0.837. The Kier molecular flexibility index (Phi) is 5.38. The lowest BCUT2D eigenvalue weighted by atomic mass is 10.2. The van der Waals surface area contributed by atoms with Crippen molar-refractivity contribution in [2.45, 2.75) is 33.0 Å². The first-order chi connectivity index (χ1) is 12.8. The van der Waals surface area contributed by atoms with Gasteiger partial charge in [-0.25, -0.2) is 4.79 Å². The summed E-state index contributed by atoms with van der Waals surface area (Å²) in [5.41, 5.74) is 1.51. The molecule has 2 aliphatic rings. The number of amidine groups is 1. The fraction of sp³-hybridized carbons (Fsp3) is 0.500. The van der Waals surface area contributed by atoms with Crippen LogP contribution < -0.4 is 19.9 Å². The molecular formula is C18H24N4O5. The molecule has 1 fully saturated rings. The van der Waals surface area contributed by atoms with Gasteiger partial charge in [0.15, 0.2) is 5.84 Å². The quantitative estimate of drug-likeness (QED) is 0.787. The Balaban J connectivity index is 1.73. The molecule has 9 heteroatoms. The number of rotatable bonds is 5. The molecule has 0 bridgehead atoms. The van der Waals surface area contributed by atoms with Crippen molar-refractivity contribution in [2.75, 3.05) is 36.5 Å². The fourth-order valence-electron chi connectivity index (χ4n) is 2.79. The van der Waals surface area contributed by atoms with Gasteiger partial charge in [-0.1, -0.05) is 5.16 Å². The molecule has 1 aromatic rings. The predicted molar refractivity (Wildman–Crippen MR) is 100 cm³/mol. The summed E-state index contributed by atoms with van der Waals surface area (Å²) in [7, 11) is 1.89. The van der Waals surface area contributed by atoms with Crippen LogP contribution in [0, 0.1) is 0 Å². The van der Waals surface area contributed by atoms with Crippen LogP contribution in [0.25, 0.3) is 0 Å². The summed E-state index contributed by atoms with van der Waals surface area (Å²) in [6, 6.07) is 5.49. The van der Waals surface area contributed by atoms with Crippen molar-refractivity contribution in [3.63, 3.8) is 0 Å². The summed E-state index contributed by atoms with van der Waals surface area (Å²) in [6.45, 7) is 6.16. The summed E-state index contributed by atoms with van der Waals surface area (Å²) in [5, 5.41) is 6.78. The molecule has 9 nitrogen and oxygen atoms in total. The lowest BCUT2D eigenvalue weighted by Crippen LogP contribution is -2.36. The van der Waals surface area contributed by atoms with Crippen molar-refractivity contribution in [1.29, 1.82) is 0 Å². The fourth-order valence-corrected chi connectivity index (χ4v) is 2.79. The van der Waals surface area contributed by atoms with Crippen LogP contribution in [0.3, 0.4) is 0 Å². The second-order valence-electron chi connectivity index (χ2n) is 6.71. The number of hydrogen-bond donors (Lipinski definition) is 1. The van der Waals surface area contributed by atoms with Gasteiger partial charge in [-0.15, -0.1) is 0 Å². The van der Waals surface area contributed by atoms with Crippen molar-refractivity contribution in [2.24, 2.45) is 5.16 Å². The zero-order chi connectivity index (χ0) is 19.6. The molecule has 0 spiro atoms. The molecule has 1 saturated heterocycles. The SMILES string of the molecule is CC(=O)NC[C@H]1CN(c2ccc3c(c2)OCC(=NOC(C)C)N3C)C(=O)O1. The summed E-state index contributed by atoms with van der Waals surface area (Å²) in [4.78, 5) is 31.9. The zero-order valence-corrected chi connectivity index (χ0v) is 15.9. The first-order valence-corrected chi connectivity index (χ1v) is 8.81. The van der Waals surface area contributed by atoms with Gasteiger partial charge >= 0.3 is 6.09 Å². The first kappa shape index (κ1) is 18.8. The van der Waals surface area contributed by atoms with E-state index in [-0.39, 0.29) is 31.3 Å². The van der Waals surface area contributed by atoms with Gasteiger partial charge in [-0.2, -0.15) is 0 Å². The number of cyclic esters (lactones) is 1. The minimum atomic E-state index is -0.443. The van der Waals surface area contributed by atoms with E-state index in [2.05, 4.69) is 10.5 Å². The zero-order valence-electron chi connectivity index (χ0n) is 15.9. The van der Waals surface area contributed by atoms with Crippen LogP contribution >= 0.6 is 0 Å². The summed E-state index contributed by atoms with van der Waals surface area (Å²) >= 11 is 0. The van der Waals surface area contributed by atoms with Crippen molar-refractivity contribution < 1.29 is 23.9 Å². The standard InChI is InChI=1S/C18H24N4O5/c1-11(2)27-20-17-10-25-16-7-13(5-6-15(16)21(17)4)22-9-14(26-18(22)24)8-19-12(3)23/h5-7,11,14H,8-10H2,1-4H3,(H,19,23)/t14-/m0/s1. The van der Waals surface area contributed by atoms with E-state index >= 15 is 0 Å². The minimum absolute atomic E-state index is 0.0127. The highest BCUT2D eigenvalue weighted by Gasteiger charge is 2.33. The number of ether oxygens (including phenoxy) is 2. The van der Waals surface area contributed by atoms with E-state index in [1.165, 1.54) is 11.8 Å². The minimum Gasteiger partial charge on any atom is -0.483 e. The number of carbonyl (C=O) groups excluding carboxylic acids is 2. The number of benzene rings is 1. The monoisotopic (exact) mass is 376 g/mol. The molecule has 0 radical (unpaired) electrons. The van der Waals surface area contributed by atoms with Gasteiger partial charge in [0.05, 0.1) is 24.5 Å². The van der Waals surface area contributed by atoms with Crippen LogP contribution in [-0.4, -0.2) is 56.8 Å². The number of anilines is 2. The maximum atomic E-state index is 12.2. The number of hydrogen-bond acceptors (Lipinski definition) is 6. The van der Waals surface area contributed by atoms with Crippen LogP contribution in [0.5, 0.6) is 5.75 Å². The second kappa shape index (κ2) is 7.73. The third-order valence-electron chi connectivity index (χ3n) is 4.18. The molecule has 1 aromatic carbocycles. The van der Waals surface area contributed by atoms with Crippen LogP contribution in [0.4, 0.5) is 16.2 Å². The Hall–Kier alpha value is -2.97. The van der Waals surface area contributed by atoms with Crippen molar-refractivity contribution in [3.8, 4) is 5.75 Å². The van der Waals surface area contributed by atoms with Crippen molar-refractivity contribution >= 4 is 29.2 Å². The normalized spacial score (nSPS) is 20.4. The maximum absolute atomic E-state index is 12.2. The highest BCUT2D eigenvalue weighted by Crippen LogP contribution is 2.36. The predicted octanol–water partition coefficient (Wildman–Crippen LogP) is 1.71. The first-order valence-electron chi connectivity index (χ1n) is 8.81. The smallest absolute Gasteiger partial charge is 0.414 e. The van der Waals surface area contributed by atoms with Gasteiger partial charge in [0.1, 0.15) is 24.6 Å². The van der Waals surface area contributed by atoms with Crippen LogP contribution in [-0.2, 0) is 14.4 Å². The number of oxime groups is 1. The van der Waals surface area contributed by atoms with Crippen LogP contribution in [0.2, 0.25) is 0 Å². The third kappa shape index (κ3) is 4.24. The van der Waals surface area contributed by atoms with E-state index in [0.29, 0.717) is 23.8 Å². The molecule has 3 rings (SSSR count). The third-order valence-corrected chi connectivity index (χ3v) is 4.18. The summed E-state index contributed by atoms with van der Waals surface area (Å²) in [5.74, 6) is 1.16. The Labute approximate surface area is 157 Å². The lowest BCUT2D eigenvalue weighted by molar-refractivity contribution is -0.119. The van der Waals surface area contributed by atoms with Crippen LogP contribution in [0.1, 0.15) is 20.8 Å². The van der Waals surface area contributed by atoms with Crippen molar-refractivity contribution in [1.82, 2.24) is 5.32 Å². The second-order valence-corrected chi connectivity index (χ2v) is 6.71. The van der Waals surface area contributed by atoms with Crippen molar-refractivity contribution in [3.05, 3.63) is 18.2 Å². The Morgan fingerprint density at radius 2 is 2.22 bits per heavy atom. The summed E-state index contributed by atoms with van der Waals surface area (Å²) < 4.78 is 11.1. The molecule has 1 N–H and O–H groups in total. The largest absolute Gasteiger partial charge is 0.483 e. The van der Waals surface area contributed by atoms with E-state index in [9.17, 15) is 9.59 Å². The van der Waals surface area contributed by atoms with Gasteiger partial charge in [0.2, 0.25) is 5.91 Å². The molecule has 146 valence electrons. The van der Waals surface area contributed by atoms with Gasteiger partial charge in [0, 0.05) is 20.0 Å². The number of amides is 2. The van der Waals surface area contributed by atoms with E-state index < -0.39 is 6.09 Å². The molecule has 0 unspecified atom stereocenters. The van der Waals surface area contributed by atoms with E-state index in [0.717, 1.165) is 5.69 Å². The van der Waals surface area contributed by atoms with E-state index in [4.69, 9.17) is 14.3 Å². The van der Waals surface area contributed by atoms with Gasteiger partial charge in [-0.3, -0.25) is 9.69 Å². The molecule has 2 amide bonds. The number of likely N-dealkylation sites (N-methyl/N-ethyl adjacent to an activating group) is 1. The Morgan fingerprint density at radius 1 is 1.44 bits per heavy atom. The molecule has 0 aliphatic carbocycles. The molecule has 2 aliphatic heterocycles. The van der Waals surface area contributed by atoms with E-state index in [1.54, 1.807) is 6.07 Å². The van der Waals surface area contributed by atoms with Gasteiger partial charge < -0.3 is 24.5 Å². The number of carbonyl (C=O) groups is 2. The lowest BCUT2D eigenvalue weighted by Gasteiger charge is -2.29. The Bertz CT molecular complexity index is 764. The number of fused-ring (bicyclic) bond motifs is 1. The molecule has 27 heavy (non-hydrogen) atoms. The topological polar surface area (TPSA) is 92.7 Å². The molecule has 2 heterocycles. The highest BCUT2D eigenvalue weighted by molar-refractivity contribution is 6.01. The molecule has 0 saturated carbocycles. The molecule has 1 atom stereocenters. The Morgan fingerprint density at radius 3 is 2.93 bits per heavy atom. The van der Waals surface area contributed by atoms with Crippen LogP contribution in [0.15, 0.2) is 23.4 Å². The van der Waals surface area contributed by atoms with E-state index in [1.807, 2.05) is 37.9 Å². The van der Waals surface area contributed by atoms with Gasteiger partial charge in [0.25, 0.3) is 0 Å².